The van der Waals surface area contributed by atoms with Crippen LogP contribution in [-0.2, 0) is 6.54 Å². The van der Waals surface area contributed by atoms with E-state index in [0.29, 0.717) is 24.7 Å². The van der Waals surface area contributed by atoms with Crippen molar-refractivity contribution in [1.29, 1.82) is 0 Å². The molecular formula is C19H27N5O3. The Morgan fingerprint density at radius 3 is 2.63 bits per heavy atom. The summed E-state index contributed by atoms with van der Waals surface area (Å²) in [6, 6.07) is 1.81. The Morgan fingerprint density at radius 2 is 2.04 bits per heavy atom. The molecule has 1 amide bonds. The van der Waals surface area contributed by atoms with Gasteiger partial charge >= 0.3 is 5.69 Å². The summed E-state index contributed by atoms with van der Waals surface area (Å²) in [7, 11) is 1.82. The van der Waals surface area contributed by atoms with Crippen LogP contribution in [0.15, 0.2) is 15.7 Å². The van der Waals surface area contributed by atoms with E-state index in [1.165, 1.54) is 4.57 Å². The van der Waals surface area contributed by atoms with Crippen molar-refractivity contribution in [2.75, 3.05) is 13.6 Å². The molecule has 0 radical (unpaired) electrons. The predicted molar refractivity (Wildman–Crippen MR) is 104 cm³/mol. The van der Waals surface area contributed by atoms with E-state index in [1.807, 2.05) is 27.8 Å². The van der Waals surface area contributed by atoms with E-state index >= 15 is 0 Å². The molecule has 3 N–H and O–H groups in total. The van der Waals surface area contributed by atoms with Crippen molar-refractivity contribution < 1.29 is 4.79 Å². The van der Waals surface area contributed by atoms with Gasteiger partial charge in [-0.05, 0) is 38.8 Å². The van der Waals surface area contributed by atoms with Crippen molar-refractivity contribution in [2.24, 2.45) is 5.92 Å². The van der Waals surface area contributed by atoms with Crippen LogP contribution in [0.1, 0.15) is 55.6 Å². The van der Waals surface area contributed by atoms with Gasteiger partial charge in [-0.1, -0.05) is 13.8 Å². The first-order valence-electron chi connectivity index (χ1n) is 9.45. The zero-order valence-corrected chi connectivity index (χ0v) is 16.3. The zero-order chi connectivity index (χ0) is 19.7. The number of nitrogens with zero attached hydrogens (tertiary/aromatic N) is 2. The van der Waals surface area contributed by atoms with Crippen LogP contribution in [0.3, 0.4) is 0 Å². The molecule has 8 heteroatoms. The van der Waals surface area contributed by atoms with Gasteiger partial charge in [0.2, 0.25) is 0 Å². The summed E-state index contributed by atoms with van der Waals surface area (Å²) >= 11 is 0. The Bertz CT molecular complexity index is 972. The number of aromatic nitrogens is 3. The van der Waals surface area contributed by atoms with Gasteiger partial charge in [-0.2, -0.15) is 0 Å². The van der Waals surface area contributed by atoms with Crippen molar-refractivity contribution in [3.8, 4) is 0 Å². The second-order valence-electron chi connectivity index (χ2n) is 7.73. The van der Waals surface area contributed by atoms with Crippen LogP contribution in [0, 0.1) is 5.92 Å². The number of amides is 1. The van der Waals surface area contributed by atoms with Gasteiger partial charge < -0.3 is 10.6 Å². The Labute approximate surface area is 157 Å². The first-order valence-corrected chi connectivity index (χ1v) is 9.45. The van der Waals surface area contributed by atoms with Crippen LogP contribution in [0.25, 0.3) is 11.0 Å². The molecule has 0 bridgehead atoms. The van der Waals surface area contributed by atoms with E-state index < -0.39 is 11.2 Å². The number of fused-ring (bicyclic) bond motifs is 1. The topological polar surface area (TPSA) is 109 Å². The number of H-pyrrole nitrogens is 1. The predicted octanol–water partition coefficient (Wildman–Crippen LogP) is 0.956. The van der Waals surface area contributed by atoms with Crippen molar-refractivity contribution in [2.45, 2.75) is 52.1 Å². The van der Waals surface area contributed by atoms with Crippen molar-refractivity contribution >= 4 is 16.9 Å². The lowest BCUT2D eigenvalue weighted by molar-refractivity contribution is 0.0952. The molecule has 2 heterocycles. The van der Waals surface area contributed by atoms with Gasteiger partial charge in [0.1, 0.15) is 0 Å². The molecule has 2 aromatic heterocycles. The Morgan fingerprint density at radius 1 is 1.33 bits per heavy atom. The number of nitrogens with one attached hydrogen (secondary N) is 3. The minimum atomic E-state index is -0.573. The Balaban J connectivity index is 2.18. The molecule has 1 aliphatic carbocycles. The van der Waals surface area contributed by atoms with Crippen molar-refractivity contribution in [3.05, 3.63) is 38.2 Å². The standard InChI is InChI=1S/C19H27N5O3/c1-10(2)9-24-16-15(18(26)23-19(24)27)13(7-14(22-16)12-5-6-12)17(25)21-8-11(3)20-4/h7,10-12,20H,5-6,8-9H2,1-4H3,(H,21,25)(H,23,26,27). The number of rotatable bonds is 7. The highest BCUT2D eigenvalue weighted by Gasteiger charge is 2.28. The summed E-state index contributed by atoms with van der Waals surface area (Å²) in [6.07, 6.45) is 2.02. The van der Waals surface area contributed by atoms with Gasteiger partial charge in [0.05, 0.1) is 10.9 Å². The second kappa shape index (κ2) is 7.64. The van der Waals surface area contributed by atoms with E-state index in [9.17, 15) is 14.4 Å². The molecule has 8 nitrogen and oxygen atoms in total. The van der Waals surface area contributed by atoms with E-state index in [4.69, 9.17) is 0 Å². The second-order valence-corrected chi connectivity index (χ2v) is 7.73. The number of carbonyl (C=O) groups excluding carboxylic acids is 1. The molecule has 27 heavy (non-hydrogen) atoms. The fourth-order valence-electron chi connectivity index (χ4n) is 3.04. The van der Waals surface area contributed by atoms with Gasteiger partial charge in [-0.3, -0.25) is 19.1 Å². The Hall–Kier alpha value is -2.48. The normalized spacial score (nSPS) is 15.3. The molecule has 3 rings (SSSR count). The molecule has 0 saturated heterocycles. The number of hydrogen-bond donors (Lipinski definition) is 3. The van der Waals surface area contributed by atoms with Gasteiger partial charge in [0, 0.05) is 30.7 Å². The van der Waals surface area contributed by atoms with Crippen LogP contribution in [0.5, 0.6) is 0 Å². The molecule has 1 atom stereocenters. The quantitative estimate of drug-likeness (QED) is 0.670. The van der Waals surface area contributed by atoms with Gasteiger partial charge in [-0.15, -0.1) is 0 Å². The average Bonchev–Trinajstić information content (AvgIpc) is 3.46. The van der Waals surface area contributed by atoms with Crippen molar-refractivity contribution in [1.82, 2.24) is 25.2 Å². The van der Waals surface area contributed by atoms with E-state index in [2.05, 4.69) is 20.6 Å². The van der Waals surface area contributed by atoms with E-state index in [1.54, 1.807) is 6.07 Å². The summed E-state index contributed by atoms with van der Waals surface area (Å²) in [6.45, 7) is 6.78. The summed E-state index contributed by atoms with van der Waals surface area (Å²) in [5.74, 6) is 0.155. The van der Waals surface area contributed by atoms with Crippen LogP contribution < -0.4 is 21.9 Å². The third-order valence-corrected chi connectivity index (χ3v) is 4.82. The molecule has 1 unspecified atom stereocenters. The van der Waals surface area contributed by atoms with Gasteiger partial charge in [0.15, 0.2) is 5.65 Å². The lowest BCUT2D eigenvalue weighted by Crippen LogP contribution is -2.38. The molecule has 1 fully saturated rings. The van der Waals surface area contributed by atoms with E-state index in [0.717, 1.165) is 18.5 Å². The third-order valence-electron chi connectivity index (χ3n) is 4.82. The minimum Gasteiger partial charge on any atom is -0.350 e. The summed E-state index contributed by atoms with van der Waals surface area (Å²) in [4.78, 5) is 44.7. The molecule has 2 aromatic rings. The zero-order valence-electron chi connectivity index (χ0n) is 16.3. The highest BCUT2D eigenvalue weighted by molar-refractivity contribution is 6.05. The Kier molecular flexibility index (Phi) is 5.46. The van der Waals surface area contributed by atoms with E-state index in [-0.39, 0.29) is 28.8 Å². The molecule has 146 valence electrons. The largest absolute Gasteiger partial charge is 0.350 e. The number of pyridine rings is 1. The molecule has 0 aromatic carbocycles. The smallest absolute Gasteiger partial charge is 0.330 e. The van der Waals surface area contributed by atoms with Crippen LogP contribution in [0.4, 0.5) is 0 Å². The molecule has 1 saturated carbocycles. The highest BCUT2D eigenvalue weighted by Crippen LogP contribution is 2.39. The molecule has 0 aliphatic heterocycles. The van der Waals surface area contributed by atoms with Crippen LogP contribution >= 0.6 is 0 Å². The molecular weight excluding hydrogens is 346 g/mol. The highest BCUT2D eigenvalue weighted by atomic mass is 16.2. The summed E-state index contributed by atoms with van der Waals surface area (Å²) in [5.41, 5.74) is 0.294. The van der Waals surface area contributed by atoms with Gasteiger partial charge in [0.25, 0.3) is 11.5 Å². The van der Waals surface area contributed by atoms with Crippen LogP contribution in [0.2, 0.25) is 0 Å². The average molecular weight is 373 g/mol. The van der Waals surface area contributed by atoms with Crippen molar-refractivity contribution in [3.63, 3.8) is 0 Å². The maximum atomic E-state index is 12.8. The minimum absolute atomic E-state index is 0.0994. The fourth-order valence-corrected chi connectivity index (χ4v) is 3.04. The maximum Gasteiger partial charge on any atom is 0.330 e. The van der Waals surface area contributed by atoms with Crippen LogP contribution in [-0.4, -0.2) is 40.1 Å². The molecule has 0 spiro atoms. The molecule has 1 aliphatic rings. The maximum absolute atomic E-state index is 12.8. The number of carbonyl (C=O) groups is 1. The first kappa shape index (κ1) is 19.3. The summed E-state index contributed by atoms with van der Waals surface area (Å²) < 4.78 is 1.47. The summed E-state index contributed by atoms with van der Waals surface area (Å²) in [5, 5.41) is 6.09. The lowest BCUT2D eigenvalue weighted by Gasteiger charge is -2.16. The lowest BCUT2D eigenvalue weighted by atomic mass is 10.1. The number of aromatic amines is 1. The first-order chi connectivity index (χ1) is 12.8. The SMILES string of the molecule is CNC(C)CNC(=O)c1cc(C2CC2)nc2c1c(=O)[nH]c(=O)n2CC(C)C. The fraction of sp³-hybridized carbons (Fsp3) is 0.579. The number of hydrogen-bond acceptors (Lipinski definition) is 5. The monoisotopic (exact) mass is 373 g/mol. The number of likely N-dealkylation sites (N-methyl/N-ethyl adjacent to an activating group) is 1. The van der Waals surface area contributed by atoms with Gasteiger partial charge in [-0.25, -0.2) is 9.78 Å². The third kappa shape index (κ3) is 4.10.